The number of hydrogen-bond acceptors (Lipinski definition) is 0. The molecule has 0 aliphatic heterocycles. The zero-order chi connectivity index (χ0) is 13.1. The van der Waals surface area contributed by atoms with Crippen LogP contribution in [0.15, 0.2) is 57.4 Å². The van der Waals surface area contributed by atoms with Crippen molar-refractivity contribution in [1.29, 1.82) is 0 Å². The first-order valence-electron chi connectivity index (χ1n) is 5.97. The standard InChI is InChI=1S/C10H15.C6H6.V/c1-7-6-10(4,5)9(3)8(7)2;1-2-4-6-5-3-1;/h1-5H3;1-6H;. The summed E-state index contributed by atoms with van der Waals surface area (Å²) in [7, 11) is 0. The predicted molar refractivity (Wildman–Crippen MR) is 71.3 cm³/mol. The molecule has 1 aromatic carbocycles. The maximum Gasteiger partial charge on any atom is -0.0623 e. The molecule has 1 aliphatic carbocycles. The van der Waals surface area contributed by atoms with Gasteiger partial charge in [-0.2, -0.15) is 0 Å². The molecule has 0 radical (unpaired) electrons. The number of allylic oxidation sites excluding steroid dienone is 4. The Kier molecular flexibility index (Phi) is 4.85. The zero-order valence-corrected chi connectivity index (χ0v) is 12.8. The monoisotopic (exact) mass is 264 g/mol. The van der Waals surface area contributed by atoms with Crippen LogP contribution in [0.1, 0.15) is 34.6 Å². The van der Waals surface area contributed by atoms with E-state index in [1.165, 1.54) is 21.0 Å². The minimum absolute atomic E-state index is 0.286. The van der Waals surface area contributed by atoms with Gasteiger partial charge in [0.05, 0.1) is 0 Å². The third-order valence-electron chi connectivity index (χ3n) is 3.68. The molecule has 0 nitrogen and oxygen atoms in total. The van der Waals surface area contributed by atoms with Crippen molar-refractivity contribution < 1.29 is 17.4 Å². The fourth-order valence-electron chi connectivity index (χ4n) is 1.96. The number of benzene rings is 1. The van der Waals surface area contributed by atoms with E-state index in [-0.39, 0.29) is 5.41 Å². The maximum atomic E-state index is 2.71. The number of rotatable bonds is 0. The van der Waals surface area contributed by atoms with Crippen molar-refractivity contribution in [3.05, 3.63) is 57.4 Å². The molecule has 0 aromatic heterocycles. The fraction of sp³-hybridized carbons (Fsp3) is 0.375. The summed E-state index contributed by atoms with van der Waals surface area (Å²) in [6.07, 6.45) is 0. The van der Waals surface area contributed by atoms with E-state index in [0.29, 0.717) is 0 Å². The summed E-state index contributed by atoms with van der Waals surface area (Å²) < 4.78 is 1.47. The topological polar surface area (TPSA) is 0 Å². The van der Waals surface area contributed by atoms with Gasteiger partial charge in [0, 0.05) is 0 Å². The van der Waals surface area contributed by atoms with Crippen LogP contribution in [0.4, 0.5) is 0 Å². The molecule has 0 saturated heterocycles. The summed E-state index contributed by atoms with van der Waals surface area (Å²) in [6, 6.07) is 12.0. The number of hydrogen-bond donors (Lipinski definition) is 0. The van der Waals surface area contributed by atoms with Crippen LogP contribution in [0.2, 0.25) is 0 Å². The van der Waals surface area contributed by atoms with Gasteiger partial charge in [-0.25, -0.2) is 0 Å². The summed E-state index contributed by atoms with van der Waals surface area (Å²) in [5.41, 5.74) is 4.75. The Morgan fingerprint density at radius 2 is 1.12 bits per heavy atom. The van der Waals surface area contributed by atoms with Crippen LogP contribution in [0.5, 0.6) is 0 Å². The first-order chi connectivity index (χ1) is 7.89. The molecule has 1 aromatic rings. The van der Waals surface area contributed by atoms with Gasteiger partial charge in [-0.15, -0.1) is 0 Å². The van der Waals surface area contributed by atoms with Crippen LogP contribution >= 0.6 is 0 Å². The van der Waals surface area contributed by atoms with Crippen LogP contribution in [0, 0.1) is 5.41 Å². The molecule has 90 valence electrons. The average molecular weight is 264 g/mol. The van der Waals surface area contributed by atoms with Crippen LogP contribution in [-0.2, 0) is 17.4 Å². The molecule has 1 heteroatoms. The second-order valence-electron chi connectivity index (χ2n) is 5.00. The second-order valence-corrected chi connectivity index (χ2v) is 5.70. The molecule has 0 heterocycles. The van der Waals surface area contributed by atoms with Gasteiger partial charge in [-0.1, -0.05) is 36.4 Å². The van der Waals surface area contributed by atoms with Crippen molar-refractivity contribution in [2.75, 3.05) is 0 Å². The Hall–Kier alpha value is -0.716. The van der Waals surface area contributed by atoms with Crippen molar-refractivity contribution in [2.45, 2.75) is 34.6 Å². The van der Waals surface area contributed by atoms with Crippen molar-refractivity contribution >= 4 is 0 Å². The first-order valence-corrected chi connectivity index (χ1v) is 6.67. The Labute approximate surface area is 115 Å². The van der Waals surface area contributed by atoms with Crippen LogP contribution in [0.3, 0.4) is 0 Å². The van der Waals surface area contributed by atoms with E-state index in [1.54, 1.807) is 0 Å². The molecule has 0 atom stereocenters. The van der Waals surface area contributed by atoms with E-state index in [9.17, 15) is 0 Å². The molecule has 1 aliphatic rings. The Morgan fingerprint density at radius 3 is 1.24 bits per heavy atom. The van der Waals surface area contributed by atoms with Gasteiger partial charge in [0.25, 0.3) is 0 Å². The van der Waals surface area contributed by atoms with Crippen LogP contribution in [-0.4, -0.2) is 0 Å². The minimum atomic E-state index is 0.286. The quantitative estimate of drug-likeness (QED) is 0.627. The predicted octanol–water partition coefficient (Wildman–Crippen LogP) is 4.87. The third-order valence-corrected chi connectivity index (χ3v) is 5.07. The van der Waals surface area contributed by atoms with Gasteiger partial charge in [0.15, 0.2) is 0 Å². The SMILES string of the molecule is CC1=C(C)C(C)(C)[C]([V])=C1C.c1ccccc1. The summed E-state index contributed by atoms with van der Waals surface area (Å²) in [5, 5.41) is 0. The molecule has 0 saturated carbocycles. The van der Waals surface area contributed by atoms with E-state index >= 15 is 0 Å². The van der Waals surface area contributed by atoms with E-state index in [1.807, 2.05) is 36.4 Å². The van der Waals surface area contributed by atoms with Gasteiger partial charge < -0.3 is 0 Å². The molecule has 2 rings (SSSR count). The molecule has 0 spiro atoms. The summed E-state index contributed by atoms with van der Waals surface area (Å²) in [6.45, 7) is 11.2. The Bertz CT molecular complexity index is 383. The molecule has 0 unspecified atom stereocenters. The molecule has 0 amide bonds. The molecule has 0 bridgehead atoms. The normalized spacial score (nSPS) is 17.9. The minimum Gasteiger partial charge on any atom is -0.0623 e. The Balaban J connectivity index is 0.000000202. The molecular weight excluding hydrogens is 243 g/mol. The van der Waals surface area contributed by atoms with Crippen LogP contribution < -0.4 is 0 Å². The van der Waals surface area contributed by atoms with Gasteiger partial charge in [0.2, 0.25) is 0 Å². The molecular formula is C16H21V. The van der Waals surface area contributed by atoms with Gasteiger partial charge >= 0.3 is 78.5 Å². The van der Waals surface area contributed by atoms with Crippen molar-refractivity contribution in [1.82, 2.24) is 0 Å². The molecule has 17 heavy (non-hydrogen) atoms. The molecule has 0 fully saturated rings. The van der Waals surface area contributed by atoms with E-state index in [0.717, 1.165) is 0 Å². The Morgan fingerprint density at radius 1 is 0.765 bits per heavy atom. The summed E-state index contributed by atoms with van der Waals surface area (Å²) >= 11 is 2.71. The second kappa shape index (κ2) is 5.75. The average Bonchev–Trinajstić information content (AvgIpc) is 2.48. The molecule has 0 N–H and O–H groups in total. The summed E-state index contributed by atoms with van der Waals surface area (Å²) in [5.74, 6) is 0. The first kappa shape index (κ1) is 14.3. The van der Waals surface area contributed by atoms with E-state index in [4.69, 9.17) is 0 Å². The van der Waals surface area contributed by atoms with E-state index < -0.39 is 0 Å². The maximum absolute atomic E-state index is 2.71. The van der Waals surface area contributed by atoms with E-state index in [2.05, 4.69) is 52.0 Å². The largest absolute Gasteiger partial charge is 0.0623 e. The van der Waals surface area contributed by atoms with Gasteiger partial charge in [-0.05, 0) is 0 Å². The van der Waals surface area contributed by atoms with Crippen LogP contribution in [0.25, 0.3) is 0 Å². The summed E-state index contributed by atoms with van der Waals surface area (Å²) in [4.78, 5) is 0. The van der Waals surface area contributed by atoms with Crippen molar-refractivity contribution in [3.8, 4) is 0 Å². The fourth-order valence-corrected chi connectivity index (χ4v) is 2.48. The third kappa shape index (κ3) is 3.15. The van der Waals surface area contributed by atoms with Gasteiger partial charge in [0.1, 0.15) is 0 Å². The van der Waals surface area contributed by atoms with Crippen molar-refractivity contribution in [3.63, 3.8) is 0 Å². The smallest absolute Gasteiger partial charge is 0.0623 e. The zero-order valence-electron chi connectivity index (χ0n) is 11.4. The van der Waals surface area contributed by atoms with Gasteiger partial charge in [-0.3, -0.25) is 0 Å². The van der Waals surface area contributed by atoms with Crippen molar-refractivity contribution in [2.24, 2.45) is 5.41 Å².